The molecule has 0 saturated carbocycles. The van der Waals surface area contributed by atoms with Crippen molar-refractivity contribution in [2.75, 3.05) is 14.2 Å². The first-order valence-electron chi connectivity index (χ1n) is 4.55. The average Bonchev–Trinajstić information content (AvgIpc) is 2.26. The molecule has 0 bridgehead atoms. The van der Waals surface area contributed by atoms with Crippen LogP contribution < -0.4 is 0 Å². The molecule has 0 saturated heterocycles. The second-order valence-electron chi connectivity index (χ2n) is 3.00. The minimum Gasteiger partial charge on any atom is -0.469 e. The summed E-state index contributed by atoms with van der Waals surface area (Å²) >= 11 is 0. The molecule has 0 aromatic heterocycles. The first-order chi connectivity index (χ1) is 7.02. The first-order valence-corrected chi connectivity index (χ1v) is 4.55. The lowest BCUT2D eigenvalue weighted by molar-refractivity contribution is -0.140. The van der Waals surface area contributed by atoms with E-state index in [2.05, 4.69) is 16.1 Å². The van der Waals surface area contributed by atoms with E-state index in [4.69, 9.17) is 0 Å². The maximum atomic E-state index is 10.9. The zero-order valence-electron chi connectivity index (χ0n) is 8.99. The highest BCUT2D eigenvalue weighted by Crippen LogP contribution is 2.10. The van der Waals surface area contributed by atoms with Crippen molar-refractivity contribution >= 4 is 11.9 Å². The van der Waals surface area contributed by atoms with Crippen molar-refractivity contribution in [1.29, 1.82) is 0 Å². The van der Waals surface area contributed by atoms with E-state index in [9.17, 15) is 14.7 Å². The van der Waals surface area contributed by atoms with E-state index in [1.807, 2.05) is 0 Å². The van der Waals surface area contributed by atoms with Gasteiger partial charge in [-0.05, 0) is 12.8 Å². The fourth-order valence-corrected chi connectivity index (χ4v) is 0.983. The third kappa shape index (κ3) is 5.17. The smallest absolute Gasteiger partial charge is 0.335 e. The Labute approximate surface area is 88.7 Å². The standard InChI is InChI=1S/C10H16O5/c1-7(10(13)15-3)8(11)5-4-6-9(12)14-2/h8,11H,1,4-6H2,2-3H3. The predicted octanol–water partition coefficient (Wildman–Crippen LogP) is 0.420. The highest BCUT2D eigenvalue weighted by atomic mass is 16.5. The maximum absolute atomic E-state index is 10.9. The first kappa shape index (κ1) is 13.6. The topological polar surface area (TPSA) is 72.8 Å². The zero-order valence-corrected chi connectivity index (χ0v) is 8.99. The van der Waals surface area contributed by atoms with Gasteiger partial charge in [-0.25, -0.2) is 4.79 Å². The summed E-state index contributed by atoms with van der Waals surface area (Å²) < 4.78 is 8.82. The minimum atomic E-state index is -0.970. The van der Waals surface area contributed by atoms with Crippen LogP contribution in [0.5, 0.6) is 0 Å². The van der Waals surface area contributed by atoms with Gasteiger partial charge in [0.25, 0.3) is 0 Å². The molecule has 5 heteroatoms. The van der Waals surface area contributed by atoms with Crippen molar-refractivity contribution in [3.63, 3.8) is 0 Å². The number of ether oxygens (including phenoxy) is 2. The quantitative estimate of drug-likeness (QED) is 0.514. The van der Waals surface area contributed by atoms with E-state index < -0.39 is 12.1 Å². The molecule has 0 spiro atoms. The molecule has 1 atom stereocenters. The minimum absolute atomic E-state index is 0.00219. The zero-order chi connectivity index (χ0) is 11.8. The molecule has 15 heavy (non-hydrogen) atoms. The number of hydrogen-bond donors (Lipinski definition) is 1. The molecule has 86 valence electrons. The largest absolute Gasteiger partial charge is 0.469 e. The van der Waals surface area contributed by atoms with Crippen LogP contribution in [0.25, 0.3) is 0 Å². The second kappa shape index (κ2) is 7.00. The molecule has 5 nitrogen and oxygen atoms in total. The lowest BCUT2D eigenvalue weighted by atomic mass is 10.1. The summed E-state index contributed by atoms with van der Waals surface area (Å²) in [5, 5.41) is 9.45. The molecule has 0 fully saturated rings. The molecule has 1 N–H and O–H groups in total. The summed E-state index contributed by atoms with van der Waals surface area (Å²) in [5.74, 6) is -0.980. The van der Waals surface area contributed by atoms with E-state index in [-0.39, 0.29) is 24.4 Å². The van der Waals surface area contributed by atoms with E-state index in [1.165, 1.54) is 14.2 Å². The summed E-state index contributed by atoms with van der Waals surface area (Å²) in [4.78, 5) is 21.7. The molecule has 0 amide bonds. The number of carbonyl (C=O) groups excluding carboxylic acids is 2. The Hall–Kier alpha value is -1.36. The van der Waals surface area contributed by atoms with Crippen molar-refractivity contribution in [2.24, 2.45) is 0 Å². The van der Waals surface area contributed by atoms with Crippen LogP contribution in [-0.4, -0.2) is 37.4 Å². The molecular formula is C10H16O5. The molecule has 0 aromatic rings. The van der Waals surface area contributed by atoms with Gasteiger partial charge in [0.15, 0.2) is 0 Å². The van der Waals surface area contributed by atoms with Gasteiger partial charge in [0.1, 0.15) is 0 Å². The number of rotatable bonds is 6. The third-order valence-electron chi connectivity index (χ3n) is 1.94. The molecule has 0 rings (SSSR count). The van der Waals surface area contributed by atoms with Crippen molar-refractivity contribution in [2.45, 2.75) is 25.4 Å². The van der Waals surface area contributed by atoms with Crippen LogP contribution in [-0.2, 0) is 19.1 Å². The summed E-state index contributed by atoms with van der Waals surface area (Å²) in [7, 11) is 2.51. The van der Waals surface area contributed by atoms with E-state index >= 15 is 0 Å². The van der Waals surface area contributed by atoms with Crippen LogP contribution in [0.3, 0.4) is 0 Å². The van der Waals surface area contributed by atoms with Gasteiger partial charge in [0.05, 0.1) is 25.9 Å². The van der Waals surface area contributed by atoms with Crippen molar-refractivity contribution < 1.29 is 24.2 Å². The number of aliphatic hydroxyl groups excluding tert-OH is 1. The highest BCUT2D eigenvalue weighted by molar-refractivity contribution is 5.88. The van der Waals surface area contributed by atoms with Crippen molar-refractivity contribution in [3.05, 3.63) is 12.2 Å². The van der Waals surface area contributed by atoms with Gasteiger partial charge < -0.3 is 14.6 Å². The van der Waals surface area contributed by atoms with Gasteiger partial charge in [0, 0.05) is 6.42 Å². The van der Waals surface area contributed by atoms with Gasteiger partial charge in [-0.15, -0.1) is 0 Å². The number of esters is 2. The van der Waals surface area contributed by atoms with E-state index in [1.54, 1.807) is 0 Å². The molecule has 1 unspecified atom stereocenters. The molecule has 0 aromatic carbocycles. The van der Waals surface area contributed by atoms with Gasteiger partial charge in [-0.3, -0.25) is 4.79 Å². The Balaban J connectivity index is 3.83. The second-order valence-corrected chi connectivity index (χ2v) is 3.00. The van der Waals surface area contributed by atoms with Gasteiger partial charge in [-0.1, -0.05) is 6.58 Å². The van der Waals surface area contributed by atoms with Gasteiger partial charge in [0.2, 0.25) is 0 Å². The molecule has 0 heterocycles. The Kier molecular flexibility index (Phi) is 6.37. The van der Waals surface area contributed by atoms with Crippen LogP contribution in [0.4, 0.5) is 0 Å². The SMILES string of the molecule is C=C(C(=O)OC)C(O)CCCC(=O)OC. The van der Waals surface area contributed by atoms with E-state index in [0.29, 0.717) is 6.42 Å². The Bertz CT molecular complexity index is 246. The predicted molar refractivity (Wildman–Crippen MR) is 53.0 cm³/mol. The van der Waals surface area contributed by atoms with Crippen LogP contribution in [0.1, 0.15) is 19.3 Å². The van der Waals surface area contributed by atoms with E-state index in [0.717, 1.165) is 0 Å². The lowest BCUT2D eigenvalue weighted by Gasteiger charge is -2.10. The van der Waals surface area contributed by atoms with Crippen molar-refractivity contribution in [1.82, 2.24) is 0 Å². The fourth-order valence-electron chi connectivity index (χ4n) is 0.983. The Morgan fingerprint density at radius 2 is 1.93 bits per heavy atom. The third-order valence-corrected chi connectivity index (χ3v) is 1.94. The number of hydrogen-bond acceptors (Lipinski definition) is 5. The number of methoxy groups -OCH3 is 2. The van der Waals surface area contributed by atoms with Gasteiger partial charge >= 0.3 is 11.9 Å². The van der Waals surface area contributed by atoms with Crippen molar-refractivity contribution in [3.8, 4) is 0 Å². The summed E-state index contributed by atoms with van der Waals surface area (Å²) in [6.07, 6.45) is -0.0448. The average molecular weight is 216 g/mol. The number of aliphatic hydroxyl groups is 1. The molecule has 0 radical (unpaired) electrons. The molecule has 0 aliphatic carbocycles. The summed E-state index contributed by atoms with van der Waals surface area (Å²) in [6.45, 7) is 3.40. The molecule has 0 aliphatic rings. The Morgan fingerprint density at radius 1 is 1.33 bits per heavy atom. The lowest BCUT2D eigenvalue weighted by Crippen LogP contribution is -2.18. The maximum Gasteiger partial charge on any atom is 0.335 e. The summed E-state index contributed by atoms with van der Waals surface area (Å²) in [5.41, 5.74) is 0.00219. The molecular weight excluding hydrogens is 200 g/mol. The van der Waals surface area contributed by atoms with Crippen LogP contribution in [0.2, 0.25) is 0 Å². The fraction of sp³-hybridized carbons (Fsp3) is 0.600. The van der Waals surface area contributed by atoms with Crippen LogP contribution >= 0.6 is 0 Å². The monoisotopic (exact) mass is 216 g/mol. The van der Waals surface area contributed by atoms with Gasteiger partial charge in [-0.2, -0.15) is 0 Å². The summed E-state index contributed by atoms with van der Waals surface area (Å²) in [6, 6.07) is 0. The Morgan fingerprint density at radius 3 is 2.40 bits per heavy atom. The van der Waals surface area contributed by atoms with Crippen LogP contribution in [0.15, 0.2) is 12.2 Å². The number of carbonyl (C=O) groups is 2. The molecule has 0 aliphatic heterocycles. The van der Waals surface area contributed by atoms with Crippen LogP contribution in [0, 0.1) is 0 Å². The highest BCUT2D eigenvalue weighted by Gasteiger charge is 2.16. The normalized spacial score (nSPS) is 11.7.